The summed E-state index contributed by atoms with van der Waals surface area (Å²) in [4.78, 5) is 0. The lowest BCUT2D eigenvalue weighted by atomic mass is 10.1. The highest BCUT2D eigenvalue weighted by molar-refractivity contribution is 6.17. The predicted octanol–water partition coefficient (Wildman–Crippen LogP) is 4.35. The van der Waals surface area contributed by atoms with Gasteiger partial charge in [-0.1, -0.05) is 5.21 Å². The first-order valence-electron chi connectivity index (χ1n) is 7.32. The van der Waals surface area contributed by atoms with Crippen molar-refractivity contribution in [2.45, 2.75) is 12.8 Å². The van der Waals surface area contributed by atoms with Crippen LogP contribution in [0.15, 0.2) is 42.5 Å². The van der Waals surface area contributed by atoms with Crippen molar-refractivity contribution >= 4 is 11.6 Å². The Morgan fingerprint density at radius 1 is 1.08 bits per heavy atom. The van der Waals surface area contributed by atoms with Crippen molar-refractivity contribution in [3.63, 3.8) is 0 Å². The van der Waals surface area contributed by atoms with Gasteiger partial charge in [-0.3, -0.25) is 0 Å². The van der Waals surface area contributed by atoms with Crippen molar-refractivity contribution < 1.29 is 13.5 Å². The highest BCUT2D eigenvalue weighted by Gasteiger charge is 2.17. The zero-order chi connectivity index (χ0) is 17.1. The highest BCUT2D eigenvalue weighted by atomic mass is 35.5. The van der Waals surface area contributed by atoms with Crippen LogP contribution in [0.1, 0.15) is 12.6 Å². The fourth-order valence-electron chi connectivity index (χ4n) is 2.41. The Balaban J connectivity index is 2.11. The number of ether oxygens (including phenoxy) is 1. The van der Waals surface area contributed by atoms with Gasteiger partial charge < -0.3 is 4.74 Å². The third-order valence-electron chi connectivity index (χ3n) is 3.39. The molecule has 0 radical (unpaired) electrons. The molecule has 0 amide bonds. The van der Waals surface area contributed by atoms with Crippen LogP contribution in [0.4, 0.5) is 8.78 Å². The summed E-state index contributed by atoms with van der Waals surface area (Å²) in [6.07, 6.45) is 0. The van der Waals surface area contributed by atoms with Gasteiger partial charge >= 0.3 is 0 Å². The van der Waals surface area contributed by atoms with Crippen molar-refractivity contribution in [1.29, 1.82) is 0 Å². The van der Waals surface area contributed by atoms with Gasteiger partial charge in [-0.25, -0.2) is 13.5 Å². The Hall–Kier alpha value is -2.47. The van der Waals surface area contributed by atoms with Gasteiger partial charge in [-0.05, 0) is 43.3 Å². The Labute approximate surface area is 142 Å². The number of hydrogen-bond acceptors (Lipinski definition) is 3. The van der Waals surface area contributed by atoms with Crippen molar-refractivity contribution in [2.75, 3.05) is 6.61 Å². The zero-order valence-electron chi connectivity index (χ0n) is 12.8. The summed E-state index contributed by atoms with van der Waals surface area (Å²) in [6, 6.07) is 10.4. The van der Waals surface area contributed by atoms with Crippen LogP contribution in [0.5, 0.6) is 5.75 Å². The van der Waals surface area contributed by atoms with Gasteiger partial charge in [-0.2, -0.15) is 0 Å². The molecule has 0 aliphatic carbocycles. The molecule has 1 aromatic heterocycles. The number of benzene rings is 2. The van der Waals surface area contributed by atoms with Crippen LogP contribution < -0.4 is 4.74 Å². The molecular formula is C17H14ClF2N3O. The van der Waals surface area contributed by atoms with Gasteiger partial charge in [0.25, 0.3) is 0 Å². The minimum absolute atomic E-state index is 0.0739. The van der Waals surface area contributed by atoms with Gasteiger partial charge in [0.2, 0.25) is 0 Å². The molecule has 4 nitrogen and oxygen atoms in total. The predicted molar refractivity (Wildman–Crippen MR) is 87.4 cm³/mol. The smallest absolute Gasteiger partial charge is 0.126 e. The molecule has 124 valence electrons. The fraction of sp³-hybridized carbons (Fsp3) is 0.176. The second-order valence-corrected chi connectivity index (χ2v) is 5.28. The average molecular weight is 350 g/mol. The summed E-state index contributed by atoms with van der Waals surface area (Å²) in [5, 5.41) is 8.08. The zero-order valence-corrected chi connectivity index (χ0v) is 13.6. The number of hydrogen-bond donors (Lipinski definition) is 0. The average Bonchev–Trinajstić information content (AvgIpc) is 2.99. The van der Waals surface area contributed by atoms with Crippen molar-refractivity contribution in [3.05, 3.63) is 59.8 Å². The SMILES string of the molecule is CCOc1ccc(-n2nnc(CCl)c2-c2cc(F)cc(F)c2)cc1. The molecule has 0 unspecified atom stereocenters. The number of alkyl halides is 1. The second kappa shape index (κ2) is 6.97. The van der Waals surface area contributed by atoms with E-state index in [2.05, 4.69) is 10.3 Å². The van der Waals surface area contributed by atoms with Gasteiger partial charge in [-0.15, -0.1) is 16.7 Å². The van der Waals surface area contributed by atoms with Crippen LogP contribution >= 0.6 is 11.6 Å². The van der Waals surface area contributed by atoms with E-state index in [1.54, 1.807) is 24.3 Å². The number of rotatable bonds is 5. The summed E-state index contributed by atoms with van der Waals surface area (Å²) in [5.41, 5.74) is 1.90. The molecule has 0 atom stereocenters. The number of aromatic nitrogens is 3. The van der Waals surface area contributed by atoms with Crippen LogP contribution in [0.2, 0.25) is 0 Å². The lowest BCUT2D eigenvalue weighted by Gasteiger charge is -2.09. The van der Waals surface area contributed by atoms with E-state index in [0.717, 1.165) is 11.8 Å². The summed E-state index contributed by atoms with van der Waals surface area (Å²) >= 11 is 5.91. The number of halogens is 3. The molecular weight excluding hydrogens is 336 g/mol. The maximum absolute atomic E-state index is 13.6. The Morgan fingerprint density at radius 2 is 1.75 bits per heavy atom. The molecule has 0 aliphatic rings. The maximum atomic E-state index is 13.6. The van der Waals surface area contributed by atoms with Gasteiger partial charge in [0.15, 0.2) is 0 Å². The Morgan fingerprint density at radius 3 is 2.33 bits per heavy atom. The summed E-state index contributed by atoms with van der Waals surface area (Å²) in [7, 11) is 0. The van der Waals surface area contributed by atoms with E-state index < -0.39 is 11.6 Å². The minimum atomic E-state index is -0.676. The highest BCUT2D eigenvalue weighted by Crippen LogP contribution is 2.28. The molecule has 1 heterocycles. The van der Waals surface area contributed by atoms with E-state index in [0.29, 0.717) is 29.2 Å². The quantitative estimate of drug-likeness (QED) is 0.643. The first-order valence-corrected chi connectivity index (χ1v) is 7.86. The summed E-state index contributed by atoms with van der Waals surface area (Å²) < 4.78 is 34.1. The third-order valence-corrected chi connectivity index (χ3v) is 3.65. The van der Waals surface area contributed by atoms with E-state index in [1.807, 2.05) is 6.92 Å². The molecule has 7 heteroatoms. The van der Waals surface area contributed by atoms with Crippen LogP contribution in [0.25, 0.3) is 16.9 Å². The molecule has 24 heavy (non-hydrogen) atoms. The molecule has 0 saturated heterocycles. The normalized spacial score (nSPS) is 10.8. The van der Waals surface area contributed by atoms with Crippen LogP contribution in [0.3, 0.4) is 0 Å². The summed E-state index contributed by atoms with van der Waals surface area (Å²) in [5.74, 6) is -0.558. The topological polar surface area (TPSA) is 39.9 Å². The van der Waals surface area contributed by atoms with E-state index in [9.17, 15) is 8.78 Å². The van der Waals surface area contributed by atoms with Crippen LogP contribution in [-0.4, -0.2) is 21.6 Å². The van der Waals surface area contributed by atoms with Crippen molar-refractivity contribution in [2.24, 2.45) is 0 Å². The fourth-order valence-corrected chi connectivity index (χ4v) is 2.59. The molecule has 3 aromatic rings. The van der Waals surface area contributed by atoms with Gasteiger partial charge in [0.1, 0.15) is 23.1 Å². The lowest BCUT2D eigenvalue weighted by Crippen LogP contribution is -2.01. The van der Waals surface area contributed by atoms with Crippen LogP contribution in [0, 0.1) is 11.6 Å². The summed E-state index contributed by atoms with van der Waals surface area (Å²) in [6.45, 7) is 2.46. The van der Waals surface area contributed by atoms with Gasteiger partial charge in [0.05, 0.1) is 23.9 Å². The van der Waals surface area contributed by atoms with Gasteiger partial charge in [0, 0.05) is 11.6 Å². The molecule has 0 saturated carbocycles. The minimum Gasteiger partial charge on any atom is -0.494 e. The van der Waals surface area contributed by atoms with E-state index in [4.69, 9.17) is 16.3 Å². The van der Waals surface area contributed by atoms with E-state index >= 15 is 0 Å². The third kappa shape index (κ3) is 3.23. The number of nitrogens with zero attached hydrogens (tertiary/aromatic N) is 3. The molecule has 2 aromatic carbocycles. The van der Waals surface area contributed by atoms with Crippen molar-refractivity contribution in [1.82, 2.24) is 15.0 Å². The molecule has 0 aliphatic heterocycles. The largest absolute Gasteiger partial charge is 0.494 e. The first kappa shape index (κ1) is 16.4. The Bertz CT molecular complexity index is 829. The molecule has 3 rings (SSSR count). The molecule has 0 N–H and O–H groups in total. The standard InChI is InChI=1S/C17H14ClF2N3O/c1-2-24-15-5-3-14(4-6-15)23-17(16(10-18)21-22-23)11-7-12(19)9-13(20)8-11/h3-9H,2,10H2,1H3. The Kier molecular flexibility index (Phi) is 4.76. The monoisotopic (exact) mass is 349 g/mol. The van der Waals surface area contributed by atoms with Crippen molar-refractivity contribution in [3.8, 4) is 22.7 Å². The maximum Gasteiger partial charge on any atom is 0.126 e. The molecule has 0 spiro atoms. The van der Waals surface area contributed by atoms with E-state index in [1.165, 1.54) is 16.8 Å². The van der Waals surface area contributed by atoms with E-state index in [-0.39, 0.29) is 5.88 Å². The first-order chi connectivity index (χ1) is 11.6. The molecule has 0 bridgehead atoms. The lowest BCUT2D eigenvalue weighted by molar-refractivity contribution is 0.340. The second-order valence-electron chi connectivity index (χ2n) is 5.02. The van der Waals surface area contributed by atoms with Crippen LogP contribution in [-0.2, 0) is 5.88 Å². The molecule has 0 fully saturated rings.